The first-order valence-corrected chi connectivity index (χ1v) is 6.18. The predicted octanol–water partition coefficient (Wildman–Crippen LogP) is 1.03. The summed E-state index contributed by atoms with van der Waals surface area (Å²) in [5.74, 6) is -2.66. The van der Waals surface area contributed by atoms with Gasteiger partial charge in [0, 0.05) is 12.1 Å². The number of nitrogens with zero attached hydrogens (tertiary/aromatic N) is 1. The summed E-state index contributed by atoms with van der Waals surface area (Å²) >= 11 is 0. The quantitative estimate of drug-likeness (QED) is 0.599. The van der Waals surface area contributed by atoms with Crippen LogP contribution in [-0.2, 0) is 14.3 Å². The Kier molecular flexibility index (Phi) is 4.12. The molecule has 1 unspecified atom stereocenters. The molecular formula is C14H14FNO4. The molecule has 0 bridgehead atoms. The maximum Gasteiger partial charge on any atom is 0.316 e. The second-order valence-corrected chi connectivity index (χ2v) is 4.57. The lowest BCUT2D eigenvalue weighted by molar-refractivity contribution is -0.151. The van der Waals surface area contributed by atoms with E-state index in [1.807, 2.05) is 0 Å². The number of ketones is 1. The van der Waals surface area contributed by atoms with Crippen molar-refractivity contribution >= 4 is 17.7 Å². The number of methoxy groups -OCH3 is 1. The van der Waals surface area contributed by atoms with Gasteiger partial charge in [-0.3, -0.25) is 14.4 Å². The van der Waals surface area contributed by atoms with Gasteiger partial charge in [-0.05, 0) is 24.6 Å². The Hall–Kier alpha value is -2.24. The smallest absolute Gasteiger partial charge is 0.316 e. The molecule has 1 aromatic carbocycles. The van der Waals surface area contributed by atoms with Crippen LogP contribution in [0, 0.1) is 11.7 Å². The van der Waals surface area contributed by atoms with Gasteiger partial charge in [-0.2, -0.15) is 0 Å². The van der Waals surface area contributed by atoms with Crippen LogP contribution in [0.1, 0.15) is 16.8 Å². The Morgan fingerprint density at radius 2 is 2.15 bits per heavy atom. The third-order valence-electron chi connectivity index (χ3n) is 3.27. The normalized spacial score (nSPS) is 18.8. The monoisotopic (exact) mass is 279 g/mol. The highest BCUT2D eigenvalue weighted by molar-refractivity contribution is 6.04. The van der Waals surface area contributed by atoms with Crippen molar-refractivity contribution in [2.75, 3.05) is 20.2 Å². The van der Waals surface area contributed by atoms with E-state index in [4.69, 9.17) is 0 Å². The molecular weight excluding hydrogens is 265 g/mol. The molecule has 0 aromatic heterocycles. The van der Waals surface area contributed by atoms with Crippen LogP contribution in [0.15, 0.2) is 24.3 Å². The number of esters is 1. The van der Waals surface area contributed by atoms with Gasteiger partial charge in [0.2, 0.25) is 0 Å². The van der Waals surface area contributed by atoms with Gasteiger partial charge in [0.25, 0.3) is 5.91 Å². The second-order valence-electron chi connectivity index (χ2n) is 4.57. The van der Waals surface area contributed by atoms with Crippen LogP contribution in [0.2, 0.25) is 0 Å². The summed E-state index contributed by atoms with van der Waals surface area (Å²) in [4.78, 5) is 36.7. The minimum absolute atomic E-state index is 0.158. The maximum atomic E-state index is 13.1. The van der Waals surface area contributed by atoms with E-state index in [1.54, 1.807) is 0 Å². The third-order valence-corrected chi connectivity index (χ3v) is 3.27. The van der Waals surface area contributed by atoms with Crippen LogP contribution >= 0.6 is 0 Å². The molecule has 0 radical (unpaired) electrons. The summed E-state index contributed by atoms with van der Waals surface area (Å²) in [5, 5.41) is 0. The zero-order chi connectivity index (χ0) is 14.7. The van der Waals surface area contributed by atoms with Crippen LogP contribution < -0.4 is 0 Å². The van der Waals surface area contributed by atoms with Gasteiger partial charge in [0.15, 0.2) is 5.78 Å². The first-order chi connectivity index (χ1) is 9.52. The van der Waals surface area contributed by atoms with Gasteiger partial charge < -0.3 is 9.64 Å². The highest BCUT2D eigenvalue weighted by Gasteiger charge is 2.35. The molecule has 1 aliphatic heterocycles. The Labute approximate surface area is 115 Å². The molecule has 1 saturated heterocycles. The topological polar surface area (TPSA) is 63.7 Å². The van der Waals surface area contributed by atoms with E-state index < -0.39 is 23.6 Å². The number of carbonyl (C=O) groups is 3. The van der Waals surface area contributed by atoms with Crippen molar-refractivity contribution in [3.8, 4) is 0 Å². The number of benzene rings is 1. The molecule has 0 aliphatic carbocycles. The molecule has 0 saturated carbocycles. The van der Waals surface area contributed by atoms with Crippen molar-refractivity contribution in [2.45, 2.75) is 6.42 Å². The molecule has 1 fully saturated rings. The standard InChI is InChI=1S/C14H14FNO4/c1-20-14(19)11-5-6-16(8-12(11)17)13(18)9-3-2-4-10(15)7-9/h2-4,7,11H,5-6,8H2,1H3. The summed E-state index contributed by atoms with van der Waals surface area (Å²) in [5.41, 5.74) is 0.189. The van der Waals surface area contributed by atoms with Crippen molar-refractivity contribution in [1.29, 1.82) is 0 Å². The van der Waals surface area contributed by atoms with Crippen molar-refractivity contribution in [3.63, 3.8) is 0 Å². The summed E-state index contributed by atoms with van der Waals surface area (Å²) < 4.78 is 17.6. The lowest BCUT2D eigenvalue weighted by Gasteiger charge is -2.29. The van der Waals surface area contributed by atoms with Gasteiger partial charge in [-0.15, -0.1) is 0 Å². The van der Waals surface area contributed by atoms with Gasteiger partial charge >= 0.3 is 5.97 Å². The van der Waals surface area contributed by atoms with Crippen LogP contribution in [0.3, 0.4) is 0 Å². The van der Waals surface area contributed by atoms with Crippen molar-refractivity contribution in [1.82, 2.24) is 4.90 Å². The number of Topliss-reactive ketones (excluding diaryl/α,β-unsaturated/α-hetero) is 1. The fourth-order valence-electron chi connectivity index (χ4n) is 2.19. The van der Waals surface area contributed by atoms with Crippen molar-refractivity contribution in [2.24, 2.45) is 5.92 Å². The lowest BCUT2D eigenvalue weighted by Crippen LogP contribution is -2.46. The lowest BCUT2D eigenvalue weighted by atomic mass is 9.95. The Balaban J connectivity index is 2.08. The maximum absolute atomic E-state index is 13.1. The minimum atomic E-state index is -0.809. The van der Waals surface area contributed by atoms with E-state index in [-0.39, 0.29) is 30.9 Å². The highest BCUT2D eigenvalue weighted by Crippen LogP contribution is 2.18. The average Bonchev–Trinajstić information content (AvgIpc) is 2.45. The van der Waals surface area contributed by atoms with Gasteiger partial charge in [-0.25, -0.2) is 4.39 Å². The number of ether oxygens (including phenoxy) is 1. The number of carbonyl (C=O) groups excluding carboxylic acids is 3. The molecule has 0 N–H and O–H groups in total. The third kappa shape index (κ3) is 2.84. The number of hydrogen-bond acceptors (Lipinski definition) is 4. The van der Waals surface area contributed by atoms with Crippen LogP contribution in [0.25, 0.3) is 0 Å². The fourth-order valence-corrected chi connectivity index (χ4v) is 2.19. The molecule has 6 heteroatoms. The number of halogens is 1. The summed E-state index contributed by atoms with van der Waals surface area (Å²) in [6.07, 6.45) is 0.229. The van der Waals surface area contributed by atoms with E-state index in [0.717, 1.165) is 6.07 Å². The fraction of sp³-hybridized carbons (Fsp3) is 0.357. The first kappa shape index (κ1) is 14.2. The molecule has 5 nitrogen and oxygen atoms in total. The van der Waals surface area contributed by atoms with E-state index in [2.05, 4.69) is 4.74 Å². The van der Waals surface area contributed by atoms with Crippen LogP contribution in [0.4, 0.5) is 4.39 Å². The van der Waals surface area contributed by atoms with Gasteiger partial charge in [0.05, 0.1) is 13.7 Å². The molecule has 106 valence electrons. The predicted molar refractivity (Wildman–Crippen MR) is 67.4 cm³/mol. The van der Waals surface area contributed by atoms with E-state index in [1.165, 1.54) is 30.2 Å². The zero-order valence-electron chi connectivity index (χ0n) is 11.0. The van der Waals surface area contributed by atoms with E-state index in [9.17, 15) is 18.8 Å². The zero-order valence-corrected chi connectivity index (χ0v) is 11.0. The second kappa shape index (κ2) is 5.81. The number of hydrogen-bond donors (Lipinski definition) is 0. The van der Waals surface area contributed by atoms with Crippen LogP contribution in [0.5, 0.6) is 0 Å². The summed E-state index contributed by atoms with van der Waals surface area (Å²) in [7, 11) is 1.22. The molecule has 1 atom stereocenters. The summed E-state index contributed by atoms with van der Waals surface area (Å²) in [6, 6.07) is 5.29. The SMILES string of the molecule is COC(=O)C1CCN(C(=O)c2cccc(F)c2)CC1=O. The first-order valence-electron chi connectivity index (χ1n) is 6.18. The van der Waals surface area contributed by atoms with E-state index >= 15 is 0 Å². The molecule has 1 heterocycles. The molecule has 20 heavy (non-hydrogen) atoms. The Morgan fingerprint density at radius 1 is 1.40 bits per heavy atom. The molecule has 1 aliphatic rings. The summed E-state index contributed by atoms with van der Waals surface area (Å²) in [6.45, 7) is 0.107. The Bertz CT molecular complexity index is 558. The minimum Gasteiger partial charge on any atom is -0.468 e. The van der Waals surface area contributed by atoms with Crippen LogP contribution in [-0.4, -0.2) is 42.8 Å². The number of rotatable bonds is 2. The van der Waals surface area contributed by atoms with Gasteiger partial charge in [0.1, 0.15) is 11.7 Å². The molecule has 1 aromatic rings. The number of likely N-dealkylation sites (tertiary alicyclic amines) is 1. The molecule has 2 rings (SSSR count). The number of amides is 1. The highest BCUT2D eigenvalue weighted by atomic mass is 19.1. The van der Waals surface area contributed by atoms with Gasteiger partial charge in [-0.1, -0.05) is 6.07 Å². The molecule has 1 amide bonds. The average molecular weight is 279 g/mol. The van der Waals surface area contributed by atoms with Crippen molar-refractivity contribution < 1.29 is 23.5 Å². The Morgan fingerprint density at radius 3 is 2.75 bits per heavy atom. The van der Waals surface area contributed by atoms with E-state index in [0.29, 0.717) is 0 Å². The number of piperidine rings is 1. The molecule has 0 spiro atoms. The van der Waals surface area contributed by atoms with Crippen molar-refractivity contribution in [3.05, 3.63) is 35.6 Å². The largest absolute Gasteiger partial charge is 0.468 e.